The molecule has 0 bridgehead atoms. The highest BCUT2D eigenvalue weighted by atomic mass is 16.4. The average molecular weight is 312 g/mol. The number of benzene rings is 1. The van der Waals surface area contributed by atoms with Crippen LogP contribution >= 0.6 is 0 Å². The van der Waals surface area contributed by atoms with E-state index in [1.54, 1.807) is 0 Å². The number of aromatic nitrogens is 1. The van der Waals surface area contributed by atoms with E-state index in [-0.39, 0.29) is 17.3 Å². The largest absolute Gasteiger partial charge is 0.477 e. The van der Waals surface area contributed by atoms with E-state index in [0.717, 1.165) is 5.56 Å². The molecule has 2 aromatic rings. The number of carbonyl (C=O) groups excluding carboxylic acids is 1. The second kappa shape index (κ2) is 6.60. The quantitative estimate of drug-likeness (QED) is 0.889. The molecule has 0 unspecified atom stereocenters. The monoisotopic (exact) mass is 312 g/mol. The van der Waals surface area contributed by atoms with E-state index >= 15 is 0 Å². The van der Waals surface area contributed by atoms with Crippen LogP contribution < -0.4 is 5.32 Å². The van der Waals surface area contributed by atoms with Gasteiger partial charge < -0.3 is 10.4 Å². The van der Waals surface area contributed by atoms with Crippen LogP contribution in [0.3, 0.4) is 0 Å². The van der Waals surface area contributed by atoms with Crippen LogP contribution in [0.1, 0.15) is 46.0 Å². The van der Waals surface area contributed by atoms with Crippen molar-refractivity contribution in [2.45, 2.75) is 32.7 Å². The topological polar surface area (TPSA) is 79.3 Å². The van der Waals surface area contributed by atoms with E-state index in [2.05, 4.69) is 10.3 Å². The Morgan fingerprint density at radius 1 is 1.09 bits per heavy atom. The van der Waals surface area contributed by atoms with Crippen molar-refractivity contribution in [1.29, 1.82) is 0 Å². The molecule has 0 saturated heterocycles. The number of rotatable bonds is 5. The number of nitrogens with zero attached hydrogens (tertiary/aromatic N) is 1. The molecular formula is C18H20N2O3. The first-order valence-electron chi connectivity index (χ1n) is 7.36. The van der Waals surface area contributed by atoms with Gasteiger partial charge in [-0.05, 0) is 50.5 Å². The summed E-state index contributed by atoms with van der Waals surface area (Å²) in [4.78, 5) is 27.2. The third kappa shape index (κ3) is 4.39. The molecule has 0 saturated carbocycles. The Kier molecular flexibility index (Phi) is 4.79. The highest BCUT2D eigenvalue weighted by Crippen LogP contribution is 2.16. The zero-order valence-electron chi connectivity index (χ0n) is 13.5. The normalized spacial score (nSPS) is 11.1. The van der Waals surface area contributed by atoms with E-state index in [1.807, 2.05) is 45.0 Å². The number of carbonyl (C=O) groups is 2. The minimum atomic E-state index is -1.15. The molecule has 0 atom stereocenters. The van der Waals surface area contributed by atoms with Crippen molar-refractivity contribution in [2.24, 2.45) is 0 Å². The van der Waals surface area contributed by atoms with Gasteiger partial charge in [0, 0.05) is 5.54 Å². The van der Waals surface area contributed by atoms with E-state index in [1.165, 1.54) is 23.8 Å². The number of hydrogen-bond donors (Lipinski definition) is 2. The molecule has 120 valence electrons. The Morgan fingerprint density at radius 3 is 2.39 bits per heavy atom. The van der Waals surface area contributed by atoms with Crippen molar-refractivity contribution in [2.75, 3.05) is 0 Å². The molecule has 5 nitrogen and oxygen atoms in total. The number of pyridine rings is 1. The molecule has 1 aromatic carbocycles. The summed E-state index contributed by atoms with van der Waals surface area (Å²) in [6.07, 6.45) is 0.671. The van der Waals surface area contributed by atoms with Gasteiger partial charge in [-0.3, -0.25) is 4.79 Å². The molecule has 0 fully saturated rings. The van der Waals surface area contributed by atoms with Crippen molar-refractivity contribution < 1.29 is 14.7 Å². The fourth-order valence-electron chi connectivity index (χ4n) is 2.38. The molecule has 0 aliphatic heterocycles. The molecule has 2 rings (SSSR count). The van der Waals surface area contributed by atoms with Crippen molar-refractivity contribution >= 4 is 11.9 Å². The van der Waals surface area contributed by atoms with Crippen LogP contribution in [0, 0.1) is 6.92 Å². The lowest BCUT2D eigenvalue weighted by molar-refractivity contribution is 0.0690. The van der Waals surface area contributed by atoms with Crippen LogP contribution in [-0.4, -0.2) is 27.5 Å². The highest BCUT2D eigenvalue weighted by Gasteiger charge is 2.23. The van der Waals surface area contributed by atoms with Crippen molar-refractivity contribution in [3.8, 4) is 0 Å². The molecular weight excluding hydrogens is 292 g/mol. The standard InChI is InChI=1S/C18H20N2O3/c1-12-7-4-5-8-13(12)11-18(2,3)20-16(21)14-9-6-10-15(19-14)17(22)23/h4-10H,11H2,1-3H3,(H,20,21)(H,22,23). The first-order valence-corrected chi connectivity index (χ1v) is 7.36. The number of amides is 1. The molecule has 0 aliphatic rings. The van der Waals surface area contributed by atoms with Crippen LogP contribution in [0.2, 0.25) is 0 Å². The summed E-state index contributed by atoms with van der Waals surface area (Å²) >= 11 is 0. The van der Waals surface area contributed by atoms with Gasteiger partial charge in [-0.2, -0.15) is 0 Å². The van der Waals surface area contributed by atoms with E-state index in [9.17, 15) is 9.59 Å². The summed E-state index contributed by atoms with van der Waals surface area (Å²) in [7, 11) is 0. The molecule has 0 radical (unpaired) electrons. The molecule has 0 aliphatic carbocycles. The van der Waals surface area contributed by atoms with Gasteiger partial charge in [-0.15, -0.1) is 0 Å². The zero-order valence-corrected chi connectivity index (χ0v) is 13.5. The maximum atomic E-state index is 12.3. The predicted molar refractivity (Wildman–Crippen MR) is 87.6 cm³/mol. The van der Waals surface area contributed by atoms with E-state index in [4.69, 9.17) is 5.11 Å². The Balaban J connectivity index is 2.13. The van der Waals surface area contributed by atoms with Crippen LogP contribution in [0.25, 0.3) is 0 Å². The molecule has 5 heteroatoms. The first-order chi connectivity index (χ1) is 10.8. The van der Waals surface area contributed by atoms with Crippen molar-refractivity contribution in [3.05, 3.63) is 65.0 Å². The Bertz CT molecular complexity index is 739. The molecule has 0 spiro atoms. The number of aromatic carboxylic acids is 1. The Labute approximate surface area is 135 Å². The lowest BCUT2D eigenvalue weighted by atomic mass is 9.92. The lowest BCUT2D eigenvalue weighted by Crippen LogP contribution is -2.45. The van der Waals surface area contributed by atoms with Crippen LogP contribution in [0.4, 0.5) is 0 Å². The lowest BCUT2D eigenvalue weighted by Gasteiger charge is -2.27. The van der Waals surface area contributed by atoms with Gasteiger partial charge in [-0.25, -0.2) is 9.78 Å². The summed E-state index contributed by atoms with van der Waals surface area (Å²) in [5.41, 5.74) is 1.80. The minimum Gasteiger partial charge on any atom is -0.477 e. The maximum absolute atomic E-state index is 12.3. The van der Waals surface area contributed by atoms with E-state index in [0.29, 0.717) is 6.42 Å². The zero-order chi connectivity index (χ0) is 17.0. The minimum absolute atomic E-state index is 0.0998. The number of carboxylic acids is 1. The summed E-state index contributed by atoms with van der Waals surface area (Å²) in [5.74, 6) is -1.54. The van der Waals surface area contributed by atoms with Crippen LogP contribution in [0.5, 0.6) is 0 Å². The average Bonchev–Trinajstić information content (AvgIpc) is 2.49. The summed E-state index contributed by atoms with van der Waals surface area (Å²) in [6, 6.07) is 12.4. The molecule has 1 aromatic heterocycles. The maximum Gasteiger partial charge on any atom is 0.354 e. The highest BCUT2D eigenvalue weighted by molar-refractivity contribution is 5.94. The molecule has 1 heterocycles. The number of aryl methyl sites for hydroxylation is 1. The third-order valence-corrected chi connectivity index (χ3v) is 3.55. The summed E-state index contributed by atoms with van der Waals surface area (Å²) in [6.45, 7) is 5.89. The van der Waals surface area contributed by atoms with Gasteiger partial charge in [0.25, 0.3) is 5.91 Å². The molecule has 1 amide bonds. The van der Waals surface area contributed by atoms with Gasteiger partial charge in [0.05, 0.1) is 0 Å². The van der Waals surface area contributed by atoms with E-state index < -0.39 is 11.5 Å². The van der Waals surface area contributed by atoms with Crippen molar-refractivity contribution in [1.82, 2.24) is 10.3 Å². The van der Waals surface area contributed by atoms with Gasteiger partial charge in [-0.1, -0.05) is 30.3 Å². The molecule has 23 heavy (non-hydrogen) atoms. The van der Waals surface area contributed by atoms with Gasteiger partial charge in [0.1, 0.15) is 11.4 Å². The van der Waals surface area contributed by atoms with Gasteiger partial charge in [0.2, 0.25) is 0 Å². The second-order valence-corrected chi connectivity index (χ2v) is 6.15. The fourth-order valence-corrected chi connectivity index (χ4v) is 2.38. The first kappa shape index (κ1) is 16.7. The number of carboxylic acid groups (broad SMARTS) is 1. The smallest absolute Gasteiger partial charge is 0.354 e. The van der Waals surface area contributed by atoms with Crippen molar-refractivity contribution in [3.63, 3.8) is 0 Å². The number of hydrogen-bond acceptors (Lipinski definition) is 3. The van der Waals surface area contributed by atoms with Crippen LogP contribution in [-0.2, 0) is 6.42 Å². The van der Waals surface area contributed by atoms with Gasteiger partial charge >= 0.3 is 5.97 Å². The predicted octanol–water partition coefficient (Wildman–Crippen LogP) is 2.84. The fraction of sp³-hybridized carbons (Fsp3) is 0.278. The molecule has 2 N–H and O–H groups in total. The second-order valence-electron chi connectivity index (χ2n) is 6.15. The third-order valence-electron chi connectivity index (χ3n) is 3.55. The summed E-state index contributed by atoms with van der Waals surface area (Å²) in [5, 5.41) is 11.9. The number of nitrogens with one attached hydrogen (secondary N) is 1. The van der Waals surface area contributed by atoms with Crippen LogP contribution in [0.15, 0.2) is 42.5 Å². The Hall–Kier alpha value is -2.69. The SMILES string of the molecule is Cc1ccccc1CC(C)(C)NC(=O)c1cccc(C(=O)O)n1. The summed E-state index contributed by atoms with van der Waals surface area (Å²) < 4.78 is 0. The van der Waals surface area contributed by atoms with Gasteiger partial charge in [0.15, 0.2) is 0 Å². The Morgan fingerprint density at radius 2 is 1.74 bits per heavy atom.